The Morgan fingerprint density at radius 3 is 2.61 bits per heavy atom. The lowest BCUT2D eigenvalue weighted by Crippen LogP contribution is -2.13. The zero-order chi connectivity index (χ0) is 15.8. The van der Waals surface area contributed by atoms with Gasteiger partial charge in [0.2, 0.25) is 5.16 Å². The van der Waals surface area contributed by atoms with Crippen molar-refractivity contribution < 1.29 is 5.11 Å². The summed E-state index contributed by atoms with van der Waals surface area (Å²) >= 11 is 7.48. The van der Waals surface area contributed by atoms with E-state index in [4.69, 9.17) is 11.6 Å². The smallest absolute Gasteiger partial charge is 0.212 e. The quantitative estimate of drug-likeness (QED) is 0.772. The molecule has 1 aliphatic rings. The van der Waals surface area contributed by atoms with Crippen LogP contribution in [0.1, 0.15) is 5.56 Å². The van der Waals surface area contributed by atoms with Crippen LogP contribution in [0.25, 0.3) is 11.4 Å². The molecule has 4 rings (SSSR count). The lowest BCUT2D eigenvalue weighted by Gasteiger charge is -2.14. The van der Waals surface area contributed by atoms with Gasteiger partial charge >= 0.3 is 0 Å². The van der Waals surface area contributed by atoms with Gasteiger partial charge in [-0.1, -0.05) is 35.5 Å². The van der Waals surface area contributed by atoms with Crippen LogP contribution in [0.2, 0.25) is 5.02 Å². The van der Waals surface area contributed by atoms with Gasteiger partial charge in [-0.3, -0.25) is 0 Å². The van der Waals surface area contributed by atoms with Crippen molar-refractivity contribution in [3.05, 3.63) is 59.1 Å². The molecule has 1 aliphatic heterocycles. The van der Waals surface area contributed by atoms with Crippen molar-refractivity contribution >= 4 is 29.1 Å². The topological polar surface area (TPSA) is 63.3 Å². The lowest BCUT2D eigenvalue weighted by atomic mass is 10.1. The van der Waals surface area contributed by atoms with E-state index in [0.717, 1.165) is 22.0 Å². The Labute approximate surface area is 141 Å². The Bertz CT molecular complexity index is 905. The van der Waals surface area contributed by atoms with E-state index in [-0.39, 0.29) is 5.75 Å². The molecular weight excluding hydrogens is 332 g/mol. The first-order chi connectivity index (χ1) is 11.2. The number of fused-ring (bicyclic) bond motifs is 1. The predicted molar refractivity (Wildman–Crippen MR) is 91.2 cm³/mol. The highest BCUT2D eigenvalue weighted by Crippen LogP contribution is 2.30. The molecule has 0 unspecified atom stereocenters. The summed E-state index contributed by atoms with van der Waals surface area (Å²) in [7, 11) is 0. The van der Waals surface area contributed by atoms with Crippen LogP contribution in [0.5, 0.6) is 5.75 Å². The van der Waals surface area contributed by atoms with Crippen molar-refractivity contribution in [2.45, 2.75) is 5.16 Å². The van der Waals surface area contributed by atoms with Gasteiger partial charge in [-0.2, -0.15) is 9.78 Å². The molecule has 114 valence electrons. The van der Waals surface area contributed by atoms with Crippen LogP contribution in [0.4, 0.5) is 0 Å². The molecule has 5 nitrogen and oxygen atoms in total. The van der Waals surface area contributed by atoms with Gasteiger partial charge in [-0.25, -0.2) is 0 Å². The van der Waals surface area contributed by atoms with Crippen LogP contribution in [-0.4, -0.2) is 31.4 Å². The third kappa shape index (κ3) is 2.60. The fourth-order valence-electron chi connectivity index (χ4n) is 2.36. The maximum Gasteiger partial charge on any atom is 0.212 e. The Morgan fingerprint density at radius 2 is 1.83 bits per heavy atom. The van der Waals surface area contributed by atoms with Gasteiger partial charge < -0.3 is 5.11 Å². The number of benzene rings is 2. The second-order valence-electron chi connectivity index (χ2n) is 4.98. The van der Waals surface area contributed by atoms with E-state index in [1.165, 1.54) is 0 Å². The molecule has 7 heteroatoms. The molecule has 0 bridgehead atoms. The summed E-state index contributed by atoms with van der Waals surface area (Å²) in [5, 5.41) is 24.5. The lowest BCUT2D eigenvalue weighted by molar-refractivity contribution is 0.474. The number of nitrogens with zero attached hydrogens (tertiary/aromatic N) is 4. The zero-order valence-corrected chi connectivity index (χ0v) is 13.4. The normalized spacial score (nSPS) is 13.5. The van der Waals surface area contributed by atoms with Crippen LogP contribution in [0, 0.1) is 0 Å². The molecule has 0 fully saturated rings. The standard InChI is InChI=1S/C16H11ClN4OS/c17-11-7-5-10(6-8-11)15-18-19-16-21(15)20-13(9-23-16)12-3-1-2-4-14(12)22/h1-8,22H,9H2. The van der Waals surface area contributed by atoms with Crippen molar-refractivity contribution in [3.8, 4) is 17.1 Å². The third-order valence-corrected chi connectivity index (χ3v) is 4.67. The summed E-state index contributed by atoms with van der Waals surface area (Å²) in [6, 6.07) is 14.6. The first-order valence-electron chi connectivity index (χ1n) is 6.93. The molecule has 1 N–H and O–H groups in total. The second kappa shape index (κ2) is 5.72. The molecule has 3 aromatic rings. The van der Waals surface area contributed by atoms with Gasteiger partial charge in [0, 0.05) is 21.9 Å². The van der Waals surface area contributed by atoms with Crippen LogP contribution in [0.3, 0.4) is 0 Å². The summed E-state index contributed by atoms with van der Waals surface area (Å²) in [6.07, 6.45) is 0. The fourth-order valence-corrected chi connectivity index (χ4v) is 3.31. The number of rotatable bonds is 2. The number of halogens is 1. The summed E-state index contributed by atoms with van der Waals surface area (Å²) in [5.74, 6) is 1.50. The fraction of sp³-hybridized carbons (Fsp3) is 0.0625. The van der Waals surface area contributed by atoms with E-state index in [9.17, 15) is 5.11 Å². The van der Waals surface area contributed by atoms with E-state index in [2.05, 4.69) is 15.3 Å². The largest absolute Gasteiger partial charge is 0.507 e. The Hall–Kier alpha value is -2.31. The minimum Gasteiger partial charge on any atom is -0.507 e. The summed E-state index contributed by atoms with van der Waals surface area (Å²) in [4.78, 5) is 0. The molecule has 0 radical (unpaired) electrons. The maximum absolute atomic E-state index is 10.0. The van der Waals surface area contributed by atoms with Crippen molar-refractivity contribution in [2.24, 2.45) is 5.10 Å². The number of phenolic OH excluding ortho intramolecular Hbond substituents is 1. The van der Waals surface area contributed by atoms with Gasteiger partial charge in [0.15, 0.2) is 5.82 Å². The molecule has 1 aromatic heterocycles. The first kappa shape index (κ1) is 14.3. The van der Waals surface area contributed by atoms with Gasteiger partial charge in [0.25, 0.3) is 0 Å². The van der Waals surface area contributed by atoms with E-state index in [1.54, 1.807) is 28.6 Å². The monoisotopic (exact) mass is 342 g/mol. The average Bonchev–Trinajstić information content (AvgIpc) is 2.99. The van der Waals surface area contributed by atoms with Crippen LogP contribution in [0.15, 0.2) is 58.8 Å². The maximum atomic E-state index is 10.0. The number of para-hydroxylation sites is 1. The molecule has 2 heterocycles. The highest BCUT2D eigenvalue weighted by atomic mass is 35.5. The average molecular weight is 343 g/mol. The van der Waals surface area contributed by atoms with Gasteiger partial charge in [-0.15, -0.1) is 10.2 Å². The van der Waals surface area contributed by atoms with Gasteiger partial charge in [0.1, 0.15) is 5.75 Å². The van der Waals surface area contributed by atoms with Gasteiger partial charge in [0.05, 0.1) is 5.71 Å². The third-order valence-electron chi connectivity index (χ3n) is 3.49. The molecule has 0 spiro atoms. The van der Waals surface area contributed by atoms with E-state index in [0.29, 0.717) is 16.6 Å². The van der Waals surface area contributed by atoms with E-state index in [1.807, 2.05) is 36.4 Å². The van der Waals surface area contributed by atoms with Crippen LogP contribution in [-0.2, 0) is 0 Å². The minimum atomic E-state index is 0.219. The molecule has 0 amide bonds. The molecule has 0 aliphatic carbocycles. The number of aromatic hydroxyl groups is 1. The first-order valence-corrected chi connectivity index (χ1v) is 8.29. The van der Waals surface area contributed by atoms with Gasteiger partial charge in [-0.05, 0) is 36.4 Å². The Balaban J connectivity index is 1.81. The summed E-state index contributed by atoms with van der Waals surface area (Å²) in [5.41, 5.74) is 2.40. The van der Waals surface area contributed by atoms with Crippen molar-refractivity contribution in [1.82, 2.24) is 14.9 Å². The number of hydrogen-bond donors (Lipinski definition) is 1. The molecule has 2 aromatic carbocycles. The highest BCUT2D eigenvalue weighted by Gasteiger charge is 2.21. The van der Waals surface area contributed by atoms with E-state index >= 15 is 0 Å². The second-order valence-corrected chi connectivity index (χ2v) is 6.36. The zero-order valence-electron chi connectivity index (χ0n) is 11.8. The number of hydrogen-bond acceptors (Lipinski definition) is 5. The van der Waals surface area contributed by atoms with E-state index < -0.39 is 0 Å². The van der Waals surface area contributed by atoms with Crippen molar-refractivity contribution in [3.63, 3.8) is 0 Å². The Morgan fingerprint density at radius 1 is 1.04 bits per heavy atom. The number of aromatic nitrogens is 3. The predicted octanol–water partition coefficient (Wildman–Crippen LogP) is 3.66. The molecule has 23 heavy (non-hydrogen) atoms. The van der Waals surface area contributed by atoms with Crippen LogP contribution >= 0.6 is 23.4 Å². The molecule has 0 atom stereocenters. The SMILES string of the molecule is Oc1ccccc1C1=Nn2c(nnc2-c2ccc(Cl)cc2)SC1. The summed E-state index contributed by atoms with van der Waals surface area (Å²) < 4.78 is 1.71. The van der Waals surface area contributed by atoms with Crippen molar-refractivity contribution in [1.29, 1.82) is 0 Å². The molecule has 0 saturated heterocycles. The van der Waals surface area contributed by atoms with Crippen molar-refractivity contribution in [2.75, 3.05) is 5.75 Å². The number of thioether (sulfide) groups is 1. The van der Waals surface area contributed by atoms with Crippen LogP contribution < -0.4 is 0 Å². The minimum absolute atomic E-state index is 0.219. The summed E-state index contributed by atoms with van der Waals surface area (Å²) in [6.45, 7) is 0. The Kier molecular flexibility index (Phi) is 3.55. The molecular formula is C16H11ClN4OS. The number of phenols is 1. The highest BCUT2D eigenvalue weighted by molar-refractivity contribution is 7.99. The molecule has 0 saturated carbocycles.